The van der Waals surface area contributed by atoms with Gasteiger partial charge in [0, 0.05) is 37.9 Å². The lowest BCUT2D eigenvalue weighted by Gasteiger charge is -2.23. The molecule has 5 heteroatoms. The monoisotopic (exact) mass is 291 g/mol. The third-order valence-electron chi connectivity index (χ3n) is 2.85. The summed E-state index contributed by atoms with van der Waals surface area (Å²) in [7, 11) is 5.47. The minimum absolute atomic E-state index is 0.0439. The van der Waals surface area contributed by atoms with Crippen molar-refractivity contribution in [3.8, 4) is 0 Å². The van der Waals surface area contributed by atoms with Crippen molar-refractivity contribution in [2.75, 3.05) is 32.6 Å². The minimum atomic E-state index is -0.300. The van der Waals surface area contributed by atoms with E-state index in [1.807, 2.05) is 58.0 Å². The Morgan fingerprint density at radius 1 is 1.14 bits per heavy atom. The van der Waals surface area contributed by atoms with E-state index in [9.17, 15) is 9.59 Å². The third-order valence-corrected chi connectivity index (χ3v) is 2.85. The van der Waals surface area contributed by atoms with E-state index in [4.69, 9.17) is 0 Å². The van der Waals surface area contributed by atoms with Crippen LogP contribution in [0, 0.1) is 0 Å². The summed E-state index contributed by atoms with van der Waals surface area (Å²) in [5.41, 5.74) is 1.23. The molecule has 0 radical (unpaired) electrons. The highest BCUT2D eigenvalue weighted by Gasteiger charge is 2.19. The number of amides is 2. The topological polar surface area (TPSA) is 52.7 Å². The smallest absolute Gasteiger partial charge is 0.254 e. The van der Waals surface area contributed by atoms with Crippen LogP contribution in [-0.4, -0.2) is 49.9 Å². The van der Waals surface area contributed by atoms with Gasteiger partial charge in [0.1, 0.15) is 0 Å². The Balaban J connectivity index is 2.74. The van der Waals surface area contributed by atoms with Gasteiger partial charge in [-0.15, -0.1) is 0 Å². The maximum atomic E-state index is 12.3. The molecule has 0 saturated carbocycles. The summed E-state index contributed by atoms with van der Waals surface area (Å²) in [6.07, 6.45) is 0. The number of nitrogens with one attached hydrogen (secondary N) is 1. The maximum absolute atomic E-state index is 12.3. The Labute approximate surface area is 126 Å². The zero-order valence-corrected chi connectivity index (χ0v) is 13.7. The van der Waals surface area contributed by atoms with E-state index >= 15 is 0 Å². The Morgan fingerprint density at radius 2 is 1.76 bits per heavy atom. The number of hydrogen-bond acceptors (Lipinski definition) is 3. The van der Waals surface area contributed by atoms with Crippen LogP contribution in [0.4, 0.5) is 5.69 Å². The van der Waals surface area contributed by atoms with E-state index in [-0.39, 0.29) is 23.9 Å². The predicted molar refractivity (Wildman–Crippen MR) is 85.6 cm³/mol. The standard InChI is InChI=1S/C16H25N3O2/c1-16(2,3)17-14(20)11-19(6)15(21)12-8-7-9-13(10-12)18(4)5/h7-10H,11H2,1-6H3,(H,17,20). The molecule has 5 nitrogen and oxygen atoms in total. The first-order chi connectivity index (χ1) is 9.60. The van der Waals surface area contributed by atoms with Crippen LogP contribution >= 0.6 is 0 Å². The number of anilines is 1. The number of likely N-dealkylation sites (N-methyl/N-ethyl adjacent to an activating group) is 1. The van der Waals surface area contributed by atoms with Gasteiger partial charge in [-0.25, -0.2) is 0 Å². The van der Waals surface area contributed by atoms with Gasteiger partial charge >= 0.3 is 0 Å². The van der Waals surface area contributed by atoms with E-state index in [1.165, 1.54) is 4.90 Å². The van der Waals surface area contributed by atoms with Crippen LogP contribution < -0.4 is 10.2 Å². The zero-order valence-electron chi connectivity index (χ0n) is 13.7. The summed E-state index contributed by atoms with van der Waals surface area (Å²) in [5.74, 6) is -0.329. The first kappa shape index (κ1) is 17.0. The van der Waals surface area contributed by atoms with Crippen LogP contribution in [0.1, 0.15) is 31.1 Å². The molecule has 0 aliphatic heterocycles. The minimum Gasteiger partial charge on any atom is -0.378 e. The van der Waals surface area contributed by atoms with Crippen molar-refractivity contribution in [1.82, 2.24) is 10.2 Å². The van der Waals surface area contributed by atoms with Gasteiger partial charge in [-0.05, 0) is 39.0 Å². The highest BCUT2D eigenvalue weighted by molar-refractivity contribution is 5.97. The third kappa shape index (κ3) is 5.45. The van der Waals surface area contributed by atoms with Gasteiger partial charge in [-0.2, -0.15) is 0 Å². The molecule has 1 N–H and O–H groups in total. The summed E-state index contributed by atoms with van der Waals surface area (Å²) in [6.45, 7) is 5.77. The van der Waals surface area contributed by atoms with Gasteiger partial charge in [-0.3, -0.25) is 9.59 Å². The lowest BCUT2D eigenvalue weighted by molar-refractivity contribution is -0.122. The normalized spacial score (nSPS) is 11.0. The molecule has 2 amide bonds. The molecule has 0 aromatic heterocycles. The average Bonchev–Trinajstić information content (AvgIpc) is 2.35. The first-order valence-electron chi connectivity index (χ1n) is 6.94. The molecule has 0 aliphatic carbocycles. The molecule has 1 aromatic rings. The van der Waals surface area contributed by atoms with Crippen LogP contribution in [0.25, 0.3) is 0 Å². The second-order valence-corrected chi connectivity index (χ2v) is 6.40. The molecule has 0 spiro atoms. The molecule has 21 heavy (non-hydrogen) atoms. The van der Waals surface area contributed by atoms with Crippen LogP contribution in [0.3, 0.4) is 0 Å². The Kier molecular flexibility index (Phi) is 5.35. The van der Waals surface area contributed by atoms with Crippen molar-refractivity contribution in [2.45, 2.75) is 26.3 Å². The molecule has 0 fully saturated rings. The van der Waals surface area contributed by atoms with Crippen molar-refractivity contribution in [3.05, 3.63) is 29.8 Å². The molecular formula is C16H25N3O2. The van der Waals surface area contributed by atoms with E-state index in [1.54, 1.807) is 13.1 Å². The van der Waals surface area contributed by atoms with Gasteiger partial charge in [0.25, 0.3) is 5.91 Å². The van der Waals surface area contributed by atoms with Crippen molar-refractivity contribution in [1.29, 1.82) is 0 Å². The molecule has 1 aromatic carbocycles. The molecule has 0 unspecified atom stereocenters. The quantitative estimate of drug-likeness (QED) is 0.919. The highest BCUT2D eigenvalue weighted by atomic mass is 16.2. The van der Waals surface area contributed by atoms with Crippen molar-refractivity contribution in [2.24, 2.45) is 0 Å². The van der Waals surface area contributed by atoms with E-state index in [2.05, 4.69) is 5.32 Å². The van der Waals surface area contributed by atoms with Gasteiger partial charge in [0.15, 0.2) is 0 Å². The first-order valence-corrected chi connectivity index (χ1v) is 6.94. The SMILES string of the molecule is CN(CC(=O)NC(C)(C)C)C(=O)c1cccc(N(C)C)c1. The maximum Gasteiger partial charge on any atom is 0.254 e. The second-order valence-electron chi connectivity index (χ2n) is 6.40. The van der Waals surface area contributed by atoms with Crippen molar-refractivity contribution < 1.29 is 9.59 Å². The number of carbonyl (C=O) groups excluding carboxylic acids is 2. The van der Waals surface area contributed by atoms with Crippen LogP contribution in [0.15, 0.2) is 24.3 Å². The summed E-state index contributed by atoms with van der Waals surface area (Å²) in [5, 5.41) is 2.84. The lowest BCUT2D eigenvalue weighted by Crippen LogP contribution is -2.46. The molecular weight excluding hydrogens is 266 g/mol. The number of hydrogen-bond donors (Lipinski definition) is 1. The zero-order chi connectivity index (χ0) is 16.2. The molecule has 0 saturated heterocycles. The van der Waals surface area contributed by atoms with Gasteiger partial charge in [-0.1, -0.05) is 6.07 Å². The summed E-state index contributed by atoms with van der Waals surface area (Å²) < 4.78 is 0. The van der Waals surface area contributed by atoms with Crippen molar-refractivity contribution >= 4 is 17.5 Å². The predicted octanol–water partition coefficient (Wildman–Crippen LogP) is 1.74. The Morgan fingerprint density at radius 3 is 2.29 bits per heavy atom. The number of nitrogens with zero attached hydrogens (tertiary/aromatic N) is 2. The Hall–Kier alpha value is -2.04. The average molecular weight is 291 g/mol. The van der Waals surface area contributed by atoms with Gasteiger partial charge < -0.3 is 15.1 Å². The largest absolute Gasteiger partial charge is 0.378 e. The molecule has 0 bridgehead atoms. The molecule has 1 rings (SSSR count). The van der Waals surface area contributed by atoms with Crippen LogP contribution in [0.2, 0.25) is 0 Å². The molecule has 0 atom stereocenters. The molecule has 116 valence electrons. The summed E-state index contributed by atoms with van der Waals surface area (Å²) >= 11 is 0. The fraction of sp³-hybridized carbons (Fsp3) is 0.500. The van der Waals surface area contributed by atoms with Crippen LogP contribution in [0.5, 0.6) is 0 Å². The highest BCUT2D eigenvalue weighted by Crippen LogP contribution is 2.14. The fourth-order valence-corrected chi connectivity index (χ4v) is 1.88. The van der Waals surface area contributed by atoms with E-state index in [0.717, 1.165) is 5.69 Å². The lowest BCUT2D eigenvalue weighted by atomic mass is 10.1. The number of rotatable bonds is 4. The van der Waals surface area contributed by atoms with Crippen molar-refractivity contribution in [3.63, 3.8) is 0 Å². The Bertz CT molecular complexity index is 518. The van der Waals surface area contributed by atoms with Gasteiger partial charge in [0.05, 0.1) is 6.54 Å². The summed E-state index contributed by atoms with van der Waals surface area (Å²) in [6, 6.07) is 7.35. The molecule has 0 heterocycles. The molecule has 0 aliphatic rings. The second kappa shape index (κ2) is 6.61. The fourth-order valence-electron chi connectivity index (χ4n) is 1.88. The number of carbonyl (C=O) groups is 2. The van der Waals surface area contributed by atoms with E-state index in [0.29, 0.717) is 5.56 Å². The van der Waals surface area contributed by atoms with E-state index < -0.39 is 0 Å². The summed E-state index contributed by atoms with van der Waals surface area (Å²) in [4.78, 5) is 27.6. The number of benzene rings is 1. The van der Waals surface area contributed by atoms with Gasteiger partial charge in [0.2, 0.25) is 5.91 Å². The van der Waals surface area contributed by atoms with Crippen LogP contribution in [-0.2, 0) is 4.79 Å².